The first-order valence-electron chi connectivity index (χ1n) is 7.59. The largest absolute Gasteiger partial charge is 0.476 e. The van der Waals surface area contributed by atoms with Crippen LogP contribution in [0.5, 0.6) is 0 Å². The fraction of sp³-hybridized carbons (Fsp3) is 0.500. The van der Waals surface area contributed by atoms with Crippen molar-refractivity contribution in [1.82, 2.24) is 10.3 Å². The molecule has 2 heterocycles. The summed E-state index contributed by atoms with van der Waals surface area (Å²) in [5.74, 6) is 1.12. The Morgan fingerprint density at radius 2 is 2.27 bits per heavy atom. The van der Waals surface area contributed by atoms with Crippen molar-refractivity contribution in [2.45, 2.75) is 52.1 Å². The lowest BCUT2D eigenvalue weighted by molar-refractivity contribution is 0.0690. The fourth-order valence-electron chi connectivity index (χ4n) is 2.78. The van der Waals surface area contributed by atoms with Gasteiger partial charge in [-0.3, -0.25) is 0 Å². The van der Waals surface area contributed by atoms with E-state index in [1.54, 1.807) is 6.92 Å². The molecule has 118 valence electrons. The molecule has 1 aliphatic carbocycles. The quantitative estimate of drug-likeness (QED) is 0.882. The maximum Gasteiger partial charge on any atom is 0.355 e. The van der Waals surface area contributed by atoms with Crippen molar-refractivity contribution in [3.05, 3.63) is 38.7 Å². The Balaban J connectivity index is 1.64. The number of thiazole rings is 1. The summed E-state index contributed by atoms with van der Waals surface area (Å²) < 4.78 is 5.89. The summed E-state index contributed by atoms with van der Waals surface area (Å²) in [4.78, 5) is 16.0. The second-order valence-electron chi connectivity index (χ2n) is 5.73. The molecule has 0 spiro atoms. The fourth-order valence-corrected chi connectivity index (χ4v) is 3.72. The van der Waals surface area contributed by atoms with Crippen molar-refractivity contribution in [3.63, 3.8) is 0 Å². The number of hydrogen-bond acceptors (Lipinski definition) is 5. The van der Waals surface area contributed by atoms with Gasteiger partial charge in [0.1, 0.15) is 16.5 Å². The Labute approximate surface area is 133 Å². The molecule has 2 N–H and O–H groups in total. The van der Waals surface area contributed by atoms with E-state index in [9.17, 15) is 4.79 Å². The molecular formula is C16H20N2O3S. The summed E-state index contributed by atoms with van der Waals surface area (Å²) in [6.07, 6.45) is 4.60. The maximum absolute atomic E-state index is 11.1. The number of hydrogen-bond donors (Lipinski definition) is 2. The third-order valence-electron chi connectivity index (χ3n) is 4.02. The summed E-state index contributed by atoms with van der Waals surface area (Å²) in [5, 5.41) is 13.2. The summed E-state index contributed by atoms with van der Waals surface area (Å²) >= 11 is 1.43. The van der Waals surface area contributed by atoms with E-state index in [4.69, 9.17) is 9.52 Å². The van der Waals surface area contributed by atoms with Gasteiger partial charge >= 0.3 is 5.97 Å². The Hall–Kier alpha value is -1.66. The molecule has 0 radical (unpaired) electrons. The molecule has 0 fully saturated rings. The minimum atomic E-state index is -0.967. The summed E-state index contributed by atoms with van der Waals surface area (Å²) in [6, 6.07) is 2.14. The van der Waals surface area contributed by atoms with Crippen LogP contribution in [-0.2, 0) is 19.4 Å². The van der Waals surface area contributed by atoms with Crippen LogP contribution < -0.4 is 5.32 Å². The number of nitrogens with one attached hydrogen (secondary N) is 1. The third-order valence-corrected chi connectivity index (χ3v) is 5.17. The SMILES string of the molecule is Cc1sc(C(C)NCc2cc3c(o2)CCCC3)nc1C(=O)O. The van der Waals surface area contributed by atoms with Crippen molar-refractivity contribution in [2.24, 2.45) is 0 Å². The van der Waals surface area contributed by atoms with Crippen LogP contribution in [0, 0.1) is 6.92 Å². The molecule has 0 saturated carbocycles. The van der Waals surface area contributed by atoms with Crippen molar-refractivity contribution in [3.8, 4) is 0 Å². The zero-order valence-corrected chi connectivity index (χ0v) is 13.6. The zero-order chi connectivity index (χ0) is 15.7. The van der Waals surface area contributed by atoms with Crippen LogP contribution in [0.25, 0.3) is 0 Å². The Morgan fingerprint density at radius 1 is 1.50 bits per heavy atom. The predicted molar refractivity (Wildman–Crippen MR) is 84.4 cm³/mol. The van der Waals surface area contributed by atoms with Crippen LogP contribution >= 0.6 is 11.3 Å². The van der Waals surface area contributed by atoms with Crippen LogP contribution in [0.2, 0.25) is 0 Å². The molecule has 0 aliphatic heterocycles. The first kappa shape index (κ1) is 15.2. The minimum Gasteiger partial charge on any atom is -0.476 e. The van der Waals surface area contributed by atoms with Gasteiger partial charge in [0.2, 0.25) is 0 Å². The van der Waals surface area contributed by atoms with E-state index >= 15 is 0 Å². The number of rotatable bonds is 5. The van der Waals surface area contributed by atoms with Gasteiger partial charge in [-0.05, 0) is 44.7 Å². The van der Waals surface area contributed by atoms with E-state index in [0.29, 0.717) is 6.54 Å². The number of fused-ring (bicyclic) bond motifs is 1. The predicted octanol–water partition coefficient (Wildman–Crippen LogP) is 3.47. The molecule has 1 aliphatic rings. The molecule has 0 amide bonds. The van der Waals surface area contributed by atoms with Crippen LogP contribution in [-0.4, -0.2) is 16.1 Å². The number of aromatic carboxylic acids is 1. The highest BCUT2D eigenvalue weighted by Crippen LogP contribution is 2.26. The first-order valence-corrected chi connectivity index (χ1v) is 8.40. The highest BCUT2D eigenvalue weighted by molar-refractivity contribution is 7.11. The van der Waals surface area contributed by atoms with Crippen LogP contribution in [0.3, 0.4) is 0 Å². The van der Waals surface area contributed by atoms with Crippen LogP contribution in [0.1, 0.15) is 63.3 Å². The van der Waals surface area contributed by atoms with Gasteiger partial charge in [-0.25, -0.2) is 9.78 Å². The van der Waals surface area contributed by atoms with Crippen molar-refractivity contribution < 1.29 is 14.3 Å². The lowest BCUT2D eigenvalue weighted by atomic mass is 9.99. The Kier molecular flexibility index (Phi) is 4.31. The average Bonchev–Trinajstić information content (AvgIpc) is 3.07. The summed E-state index contributed by atoms with van der Waals surface area (Å²) in [6.45, 7) is 4.42. The van der Waals surface area contributed by atoms with E-state index in [0.717, 1.165) is 34.2 Å². The molecule has 2 aromatic heterocycles. The summed E-state index contributed by atoms with van der Waals surface area (Å²) in [5.41, 5.74) is 1.50. The molecule has 2 aromatic rings. The number of carbonyl (C=O) groups is 1. The molecule has 5 nitrogen and oxygen atoms in total. The van der Waals surface area contributed by atoms with Gasteiger partial charge in [0.25, 0.3) is 0 Å². The van der Waals surface area contributed by atoms with E-state index < -0.39 is 5.97 Å². The van der Waals surface area contributed by atoms with E-state index in [1.807, 2.05) is 6.92 Å². The van der Waals surface area contributed by atoms with Gasteiger partial charge in [0.15, 0.2) is 5.69 Å². The van der Waals surface area contributed by atoms with Crippen LogP contribution in [0.15, 0.2) is 10.5 Å². The number of aromatic nitrogens is 1. The van der Waals surface area contributed by atoms with Crippen LogP contribution in [0.4, 0.5) is 0 Å². The second kappa shape index (κ2) is 6.22. The molecule has 22 heavy (non-hydrogen) atoms. The zero-order valence-electron chi connectivity index (χ0n) is 12.8. The number of carboxylic acid groups (broad SMARTS) is 1. The van der Waals surface area contributed by atoms with Crippen molar-refractivity contribution in [1.29, 1.82) is 0 Å². The van der Waals surface area contributed by atoms with E-state index in [-0.39, 0.29) is 11.7 Å². The molecular weight excluding hydrogens is 300 g/mol. The standard InChI is InChI=1S/C16H20N2O3S/c1-9(15-18-14(16(19)20)10(2)22-15)17-8-12-7-11-5-3-4-6-13(11)21-12/h7,9,17H,3-6,8H2,1-2H3,(H,19,20). The summed E-state index contributed by atoms with van der Waals surface area (Å²) in [7, 11) is 0. The molecule has 1 unspecified atom stereocenters. The van der Waals surface area contributed by atoms with Gasteiger partial charge in [-0.2, -0.15) is 0 Å². The highest BCUT2D eigenvalue weighted by Gasteiger charge is 2.19. The molecule has 1 atom stereocenters. The monoisotopic (exact) mass is 320 g/mol. The molecule has 6 heteroatoms. The number of carboxylic acids is 1. The minimum absolute atomic E-state index is 0.000993. The Bertz CT molecular complexity index is 666. The van der Waals surface area contributed by atoms with Crippen molar-refractivity contribution >= 4 is 17.3 Å². The third kappa shape index (κ3) is 3.08. The van der Waals surface area contributed by atoms with E-state index in [2.05, 4.69) is 16.4 Å². The number of aryl methyl sites for hydroxylation is 3. The topological polar surface area (TPSA) is 75.4 Å². The average molecular weight is 320 g/mol. The molecule has 0 bridgehead atoms. The lowest BCUT2D eigenvalue weighted by Gasteiger charge is -2.09. The smallest absolute Gasteiger partial charge is 0.355 e. The van der Waals surface area contributed by atoms with Gasteiger partial charge in [-0.1, -0.05) is 0 Å². The van der Waals surface area contributed by atoms with Crippen molar-refractivity contribution in [2.75, 3.05) is 0 Å². The van der Waals surface area contributed by atoms with Gasteiger partial charge < -0.3 is 14.8 Å². The molecule has 0 saturated heterocycles. The normalized spacial score (nSPS) is 15.5. The highest BCUT2D eigenvalue weighted by atomic mass is 32.1. The van der Waals surface area contributed by atoms with Gasteiger partial charge in [0, 0.05) is 11.3 Å². The maximum atomic E-state index is 11.1. The number of furan rings is 1. The second-order valence-corrected chi connectivity index (χ2v) is 6.97. The molecule has 0 aromatic carbocycles. The lowest BCUT2D eigenvalue weighted by Crippen LogP contribution is -2.17. The van der Waals surface area contributed by atoms with Gasteiger partial charge in [0.05, 0.1) is 12.6 Å². The molecule has 3 rings (SSSR count). The van der Waals surface area contributed by atoms with E-state index in [1.165, 1.54) is 29.7 Å². The van der Waals surface area contributed by atoms with Gasteiger partial charge in [-0.15, -0.1) is 11.3 Å². The Morgan fingerprint density at radius 3 is 2.95 bits per heavy atom. The number of nitrogens with zero attached hydrogens (tertiary/aromatic N) is 1. The first-order chi connectivity index (χ1) is 10.5.